The molecule has 5 heteroatoms. The van der Waals surface area contributed by atoms with Crippen molar-refractivity contribution in [2.24, 2.45) is 0 Å². The number of carboxylic acid groups (broad SMARTS) is 1. The molecule has 0 unspecified atom stereocenters. The second kappa shape index (κ2) is 5.60. The van der Waals surface area contributed by atoms with Gasteiger partial charge in [-0.05, 0) is 17.7 Å². The third-order valence-electron chi connectivity index (χ3n) is 3.60. The molecular weight excluding hydrogens is 288 g/mol. The molecule has 1 N–H and O–H groups in total. The predicted octanol–water partition coefficient (Wildman–Crippen LogP) is 4.33. The van der Waals surface area contributed by atoms with Gasteiger partial charge in [0, 0.05) is 23.7 Å². The van der Waals surface area contributed by atoms with E-state index >= 15 is 0 Å². The van der Waals surface area contributed by atoms with Crippen LogP contribution in [0.15, 0.2) is 54.7 Å². The van der Waals surface area contributed by atoms with Crippen LogP contribution in [0.5, 0.6) is 0 Å². The van der Waals surface area contributed by atoms with Crippen molar-refractivity contribution in [3.63, 3.8) is 0 Å². The largest absolute Gasteiger partial charge is 0.478 e. The molecule has 0 saturated heterocycles. The minimum absolute atomic E-state index is 0.0210. The first-order valence-corrected chi connectivity index (χ1v) is 6.74. The summed E-state index contributed by atoms with van der Waals surface area (Å²) in [6, 6.07) is 13.0. The van der Waals surface area contributed by atoms with E-state index in [2.05, 4.69) is 0 Å². The summed E-state index contributed by atoms with van der Waals surface area (Å²) in [5.41, 5.74) is 1.68. The number of hydrogen-bond acceptors (Lipinski definition) is 1. The maximum absolute atomic E-state index is 12.6. The van der Waals surface area contributed by atoms with Gasteiger partial charge in [0.2, 0.25) is 0 Å². The zero-order chi connectivity index (χ0) is 15.7. The Morgan fingerprint density at radius 1 is 1.09 bits per heavy atom. The molecular formula is C17H13F2NO2. The lowest BCUT2D eigenvalue weighted by molar-refractivity contribution is 0.0698. The zero-order valence-corrected chi connectivity index (χ0v) is 11.5. The fourth-order valence-electron chi connectivity index (χ4n) is 2.53. The molecule has 0 bridgehead atoms. The SMILES string of the molecule is O=C(O)c1cccc2ccn(Cc3ccc(C(F)F)cc3)c12. The second-order valence-corrected chi connectivity index (χ2v) is 5.03. The molecule has 0 aliphatic carbocycles. The van der Waals surface area contributed by atoms with Gasteiger partial charge in [-0.3, -0.25) is 0 Å². The molecule has 1 heterocycles. The Hall–Kier alpha value is -2.69. The molecule has 0 aliphatic heterocycles. The normalized spacial score (nSPS) is 11.2. The number of rotatable bonds is 4. The van der Waals surface area contributed by atoms with Crippen LogP contribution in [0.4, 0.5) is 8.78 Å². The summed E-state index contributed by atoms with van der Waals surface area (Å²) in [6.45, 7) is 0.428. The minimum Gasteiger partial charge on any atom is -0.478 e. The number of alkyl halides is 2. The number of benzene rings is 2. The van der Waals surface area contributed by atoms with Crippen molar-refractivity contribution in [2.75, 3.05) is 0 Å². The van der Waals surface area contributed by atoms with Crippen molar-refractivity contribution in [1.29, 1.82) is 0 Å². The highest BCUT2D eigenvalue weighted by Crippen LogP contribution is 2.23. The fraction of sp³-hybridized carbons (Fsp3) is 0.118. The lowest BCUT2D eigenvalue weighted by Crippen LogP contribution is -2.04. The van der Waals surface area contributed by atoms with Crippen molar-refractivity contribution < 1.29 is 18.7 Å². The number of fused-ring (bicyclic) bond motifs is 1. The Morgan fingerprint density at radius 3 is 2.45 bits per heavy atom. The molecule has 0 spiro atoms. The van der Waals surface area contributed by atoms with Gasteiger partial charge in [0.05, 0.1) is 11.1 Å². The molecule has 0 fully saturated rings. The number of carboxylic acids is 1. The number of hydrogen-bond donors (Lipinski definition) is 1. The summed E-state index contributed by atoms with van der Waals surface area (Å²) in [4.78, 5) is 11.3. The Labute approximate surface area is 125 Å². The van der Waals surface area contributed by atoms with E-state index in [9.17, 15) is 18.7 Å². The lowest BCUT2D eigenvalue weighted by Gasteiger charge is -2.09. The van der Waals surface area contributed by atoms with Gasteiger partial charge in [0.25, 0.3) is 6.43 Å². The Kier molecular flexibility index (Phi) is 3.63. The number of aromatic nitrogens is 1. The van der Waals surface area contributed by atoms with E-state index in [1.165, 1.54) is 12.1 Å². The predicted molar refractivity (Wildman–Crippen MR) is 79.4 cm³/mol. The molecule has 2 aromatic carbocycles. The van der Waals surface area contributed by atoms with Gasteiger partial charge in [-0.2, -0.15) is 0 Å². The number of aromatic carboxylic acids is 1. The molecule has 3 nitrogen and oxygen atoms in total. The van der Waals surface area contributed by atoms with Crippen LogP contribution in [0.1, 0.15) is 27.9 Å². The van der Waals surface area contributed by atoms with Crippen molar-refractivity contribution in [3.8, 4) is 0 Å². The van der Waals surface area contributed by atoms with Crippen LogP contribution in [0.3, 0.4) is 0 Å². The van der Waals surface area contributed by atoms with Crippen molar-refractivity contribution in [1.82, 2.24) is 4.57 Å². The van der Waals surface area contributed by atoms with Crippen LogP contribution in [0.2, 0.25) is 0 Å². The first-order valence-electron chi connectivity index (χ1n) is 6.74. The maximum atomic E-state index is 12.6. The topological polar surface area (TPSA) is 42.2 Å². The number of nitrogens with zero attached hydrogens (tertiary/aromatic N) is 1. The van der Waals surface area contributed by atoms with E-state index in [-0.39, 0.29) is 11.1 Å². The van der Waals surface area contributed by atoms with Crippen LogP contribution in [0, 0.1) is 0 Å². The highest BCUT2D eigenvalue weighted by Gasteiger charge is 2.12. The number of carbonyl (C=O) groups is 1. The van der Waals surface area contributed by atoms with Crippen molar-refractivity contribution in [3.05, 3.63) is 71.4 Å². The van der Waals surface area contributed by atoms with Gasteiger partial charge >= 0.3 is 5.97 Å². The van der Waals surface area contributed by atoms with Gasteiger partial charge in [-0.15, -0.1) is 0 Å². The summed E-state index contributed by atoms with van der Waals surface area (Å²) in [6.07, 6.45) is -0.682. The van der Waals surface area contributed by atoms with Crippen molar-refractivity contribution >= 4 is 16.9 Å². The van der Waals surface area contributed by atoms with Crippen LogP contribution >= 0.6 is 0 Å². The first kappa shape index (κ1) is 14.3. The Balaban J connectivity index is 1.99. The molecule has 0 radical (unpaired) electrons. The van der Waals surface area contributed by atoms with Gasteiger partial charge in [0.1, 0.15) is 0 Å². The molecule has 1 aromatic heterocycles. The van der Waals surface area contributed by atoms with Crippen LogP contribution in [-0.2, 0) is 6.54 Å². The molecule has 0 saturated carbocycles. The average Bonchev–Trinajstić information content (AvgIpc) is 2.91. The molecule has 22 heavy (non-hydrogen) atoms. The molecule has 3 rings (SSSR count). The quantitative estimate of drug-likeness (QED) is 0.779. The van der Waals surface area contributed by atoms with Gasteiger partial charge in [-0.25, -0.2) is 13.6 Å². The van der Waals surface area contributed by atoms with Crippen LogP contribution < -0.4 is 0 Å². The highest BCUT2D eigenvalue weighted by molar-refractivity contribution is 6.02. The van der Waals surface area contributed by atoms with E-state index in [1.54, 1.807) is 30.5 Å². The Bertz CT molecular complexity index is 822. The molecule has 3 aromatic rings. The lowest BCUT2D eigenvalue weighted by atomic mass is 10.1. The smallest absolute Gasteiger partial charge is 0.337 e. The van der Waals surface area contributed by atoms with Gasteiger partial charge in [-0.1, -0.05) is 36.4 Å². The number of halogens is 2. The summed E-state index contributed by atoms with van der Waals surface area (Å²) >= 11 is 0. The van der Waals surface area contributed by atoms with E-state index < -0.39 is 12.4 Å². The van der Waals surface area contributed by atoms with E-state index in [1.807, 2.05) is 16.7 Å². The van der Waals surface area contributed by atoms with E-state index in [0.717, 1.165) is 10.9 Å². The Morgan fingerprint density at radius 2 is 1.82 bits per heavy atom. The first-order chi connectivity index (χ1) is 10.6. The molecule has 0 amide bonds. The summed E-state index contributed by atoms with van der Waals surface area (Å²) in [5, 5.41) is 10.1. The molecule has 0 atom stereocenters. The summed E-state index contributed by atoms with van der Waals surface area (Å²) in [7, 11) is 0. The standard InChI is InChI=1S/C17H13F2NO2/c18-16(19)13-6-4-11(5-7-13)10-20-9-8-12-2-1-3-14(15(12)20)17(21)22/h1-9,16H,10H2,(H,21,22). The second-order valence-electron chi connectivity index (χ2n) is 5.03. The summed E-state index contributed by atoms with van der Waals surface area (Å²) in [5.74, 6) is -0.987. The molecule has 0 aliphatic rings. The van der Waals surface area contributed by atoms with Gasteiger partial charge < -0.3 is 9.67 Å². The van der Waals surface area contributed by atoms with E-state index in [4.69, 9.17) is 0 Å². The summed E-state index contributed by atoms with van der Waals surface area (Å²) < 4.78 is 26.9. The van der Waals surface area contributed by atoms with Crippen molar-refractivity contribution in [2.45, 2.75) is 13.0 Å². The third-order valence-corrected chi connectivity index (χ3v) is 3.60. The maximum Gasteiger partial charge on any atom is 0.337 e. The average molecular weight is 301 g/mol. The van der Waals surface area contributed by atoms with Crippen LogP contribution in [0.25, 0.3) is 10.9 Å². The molecule has 112 valence electrons. The minimum atomic E-state index is -2.49. The highest BCUT2D eigenvalue weighted by atomic mass is 19.3. The number of para-hydroxylation sites is 1. The zero-order valence-electron chi connectivity index (χ0n) is 11.5. The monoisotopic (exact) mass is 301 g/mol. The fourth-order valence-corrected chi connectivity index (χ4v) is 2.53. The van der Waals surface area contributed by atoms with E-state index in [0.29, 0.717) is 12.1 Å². The van der Waals surface area contributed by atoms with Crippen LogP contribution in [-0.4, -0.2) is 15.6 Å². The third kappa shape index (κ3) is 2.57. The van der Waals surface area contributed by atoms with Gasteiger partial charge in [0.15, 0.2) is 0 Å².